The number of hydrogen-bond acceptors (Lipinski definition) is 3. The van der Waals surface area contributed by atoms with E-state index in [2.05, 4.69) is 9.84 Å². The summed E-state index contributed by atoms with van der Waals surface area (Å²) in [4.78, 5) is 0. The zero-order chi connectivity index (χ0) is 15.2. The van der Waals surface area contributed by atoms with Crippen molar-refractivity contribution in [1.29, 1.82) is 0 Å². The SMILES string of the molecule is CCc1nn(CCCOCC(F)(F)F)c(CC)c1CN. The molecule has 0 amide bonds. The fourth-order valence-electron chi connectivity index (χ4n) is 2.19. The van der Waals surface area contributed by atoms with Gasteiger partial charge >= 0.3 is 6.18 Å². The molecule has 0 radical (unpaired) electrons. The lowest BCUT2D eigenvalue weighted by atomic mass is 10.1. The Bertz CT molecular complexity index is 416. The number of rotatable bonds is 8. The highest BCUT2D eigenvalue weighted by Crippen LogP contribution is 2.17. The number of halogens is 3. The molecule has 0 bridgehead atoms. The molecule has 20 heavy (non-hydrogen) atoms. The van der Waals surface area contributed by atoms with Crippen LogP contribution < -0.4 is 5.73 Å². The Morgan fingerprint density at radius 3 is 2.45 bits per heavy atom. The lowest BCUT2D eigenvalue weighted by molar-refractivity contribution is -0.174. The normalized spacial score (nSPS) is 12.1. The van der Waals surface area contributed by atoms with Crippen LogP contribution in [0.2, 0.25) is 0 Å². The second-order valence-electron chi connectivity index (χ2n) is 4.53. The first-order chi connectivity index (χ1) is 9.42. The third kappa shape index (κ3) is 4.79. The largest absolute Gasteiger partial charge is 0.411 e. The summed E-state index contributed by atoms with van der Waals surface area (Å²) in [6, 6.07) is 0. The summed E-state index contributed by atoms with van der Waals surface area (Å²) < 4.78 is 42.2. The summed E-state index contributed by atoms with van der Waals surface area (Å²) in [6.45, 7) is 3.90. The van der Waals surface area contributed by atoms with E-state index in [0.717, 1.165) is 29.8 Å². The lowest BCUT2D eigenvalue weighted by Crippen LogP contribution is -2.18. The molecule has 0 aliphatic carbocycles. The van der Waals surface area contributed by atoms with Gasteiger partial charge in [-0.2, -0.15) is 18.3 Å². The molecule has 2 N–H and O–H groups in total. The maximum absolute atomic E-state index is 11.9. The average molecular weight is 293 g/mol. The van der Waals surface area contributed by atoms with Crippen molar-refractivity contribution in [3.05, 3.63) is 17.0 Å². The van der Waals surface area contributed by atoms with Crippen LogP contribution in [0, 0.1) is 0 Å². The molecule has 4 nitrogen and oxygen atoms in total. The molecule has 0 atom stereocenters. The molecule has 1 heterocycles. The van der Waals surface area contributed by atoms with Gasteiger partial charge in [0.15, 0.2) is 0 Å². The predicted molar refractivity (Wildman–Crippen MR) is 70.4 cm³/mol. The number of aryl methyl sites for hydroxylation is 2. The Morgan fingerprint density at radius 1 is 1.25 bits per heavy atom. The van der Waals surface area contributed by atoms with Crippen molar-refractivity contribution < 1.29 is 17.9 Å². The van der Waals surface area contributed by atoms with Gasteiger partial charge in [0.25, 0.3) is 0 Å². The zero-order valence-corrected chi connectivity index (χ0v) is 12.0. The first-order valence-electron chi connectivity index (χ1n) is 6.84. The molecular weight excluding hydrogens is 271 g/mol. The Kier molecular flexibility index (Phi) is 6.48. The van der Waals surface area contributed by atoms with Gasteiger partial charge in [0.05, 0.1) is 5.69 Å². The molecule has 7 heteroatoms. The third-order valence-corrected chi connectivity index (χ3v) is 3.05. The summed E-state index contributed by atoms with van der Waals surface area (Å²) in [5.74, 6) is 0. The van der Waals surface area contributed by atoms with Crippen molar-refractivity contribution >= 4 is 0 Å². The van der Waals surface area contributed by atoms with Crippen molar-refractivity contribution in [2.75, 3.05) is 13.2 Å². The van der Waals surface area contributed by atoms with Gasteiger partial charge in [-0.15, -0.1) is 0 Å². The van der Waals surface area contributed by atoms with Crippen LogP contribution in [0.3, 0.4) is 0 Å². The van der Waals surface area contributed by atoms with Gasteiger partial charge in [-0.1, -0.05) is 13.8 Å². The Hall–Kier alpha value is -1.08. The summed E-state index contributed by atoms with van der Waals surface area (Å²) in [6.07, 6.45) is -2.15. The van der Waals surface area contributed by atoms with Crippen LogP contribution >= 0.6 is 0 Å². The fourth-order valence-corrected chi connectivity index (χ4v) is 2.19. The minimum Gasteiger partial charge on any atom is -0.372 e. The van der Waals surface area contributed by atoms with E-state index in [9.17, 15) is 13.2 Å². The summed E-state index contributed by atoms with van der Waals surface area (Å²) in [7, 11) is 0. The van der Waals surface area contributed by atoms with Crippen molar-refractivity contribution in [1.82, 2.24) is 9.78 Å². The van der Waals surface area contributed by atoms with Gasteiger partial charge < -0.3 is 10.5 Å². The highest BCUT2D eigenvalue weighted by molar-refractivity contribution is 5.26. The molecule has 0 aliphatic rings. The lowest BCUT2D eigenvalue weighted by Gasteiger charge is -2.09. The Labute approximate surface area is 117 Å². The molecule has 1 aromatic rings. The second kappa shape index (κ2) is 7.64. The van der Waals surface area contributed by atoms with E-state index < -0.39 is 12.8 Å². The van der Waals surface area contributed by atoms with Crippen LogP contribution in [0.15, 0.2) is 0 Å². The van der Waals surface area contributed by atoms with Crippen molar-refractivity contribution in [3.63, 3.8) is 0 Å². The topological polar surface area (TPSA) is 53.1 Å². The standard InChI is InChI=1S/C13H22F3N3O/c1-3-11-10(8-17)12(4-2)19(18-11)6-5-7-20-9-13(14,15)16/h3-9,17H2,1-2H3. The van der Waals surface area contributed by atoms with Crippen molar-refractivity contribution in [2.45, 2.75) is 52.4 Å². The molecule has 0 unspecified atom stereocenters. The maximum Gasteiger partial charge on any atom is 0.411 e. The average Bonchev–Trinajstić information content (AvgIpc) is 2.73. The first-order valence-corrected chi connectivity index (χ1v) is 6.84. The molecule has 1 aromatic heterocycles. The highest BCUT2D eigenvalue weighted by Gasteiger charge is 2.27. The van der Waals surface area contributed by atoms with Gasteiger partial charge in [-0.25, -0.2) is 0 Å². The van der Waals surface area contributed by atoms with E-state index in [1.165, 1.54) is 0 Å². The van der Waals surface area contributed by atoms with Crippen LogP contribution in [-0.4, -0.2) is 29.2 Å². The first kappa shape index (κ1) is 17.0. The molecule has 116 valence electrons. The number of nitrogens with two attached hydrogens (primary N) is 1. The van der Waals surface area contributed by atoms with E-state index in [-0.39, 0.29) is 6.61 Å². The molecular formula is C13H22F3N3O. The quantitative estimate of drug-likeness (QED) is 0.749. The van der Waals surface area contributed by atoms with E-state index in [4.69, 9.17) is 5.73 Å². The number of nitrogens with zero attached hydrogens (tertiary/aromatic N) is 2. The molecule has 0 saturated heterocycles. The Morgan fingerprint density at radius 2 is 1.95 bits per heavy atom. The molecule has 0 aromatic carbocycles. The summed E-state index contributed by atoms with van der Waals surface area (Å²) in [5.41, 5.74) is 8.84. The molecule has 1 rings (SSSR count). The Balaban J connectivity index is 2.53. The highest BCUT2D eigenvalue weighted by atomic mass is 19.4. The fraction of sp³-hybridized carbons (Fsp3) is 0.769. The van der Waals surface area contributed by atoms with E-state index in [1.807, 2.05) is 18.5 Å². The molecule has 0 aliphatic heterocycles. The maximum atomic E-state index is 11.9. The van der Waals surface area contributed by atoms with Crippen LogP contribution in [0.25, 0.3) is 0 Å². The molecule has 0 saturated carbocycles. The van der Waals surface area contributed by atoms with Crippen molar-refractivity contribution in [2.24, 2.45) is 5.73 Å². The van der Waals surface area contributed by atoms with Crippen LogP contribution in [0.1, 0.15) is 37.2 Å². The van der Waals surface area contributed by atoms with Crippen LogP contribution in [-0.2, 0) is 30.7 Å². The van der Waals surface area contributed by atoms with Crippen LogP contribution in [0.4, 0.5) is 13.2 Å². The number of ether oxygens (including phenoxy) is 1. The van der Waals surface area contributed by atoms with Crippen molar-refractivity contribution in [3.8, 4) is 0 Å². The third-order valence-electron chi connectivity index (χ3n) is 3.05. The van der Waals surface area contributed by atoms with Gasteiger partial charge in [-0.05, 0) is 19.3 Å². The van der Waals surface area contributed by atoms with Gasteiger partial charge in [-0.3, -0.25) is 4.68 Å². The minimum absolute atomic E-state index is 0.0714. The van der Waals surface area contributed by atoms with Gasteiger partial charge in [0.1, 0.15) is 6.61 Å². The van der Waals surface area contributed by atoms with E-state index >= 15 is 0 Å². The predicted octanol–water partition coefficient (Wildman–Crippen LogP) is 2.44. The monoisotopic (exact) mass is 293 g/mol. The van der Waals surface area contributed by atoms with Crippen LogP contribution in [0.5, 0.6) is 0 Å². The number of aromatic nitrogens is 2. The number of alkyl halides is 3. The minimum atomic E-state index is -4.26. The van der Waals surface area contributed by atoms with E-state index in [0.29, 0.717) is 19.5 Å². The summed E-state index contributed by atoms with van der Waals surface area (Å²) >= 11 is 0. The smallest absolute Gasteiger partial charge is 0.372 e. The van der Waals surface area contributed by atoms with Gasteiger partial charge in [0, 0.05) is 31.0 Å². The summed E-state index contributed by atoms with van der Waals surface area (Å²) in [5, 5.41) is 4.48. The second-order valence-corrected chi connectivity index (χ2v) is 4.53. The number of hydrogen-bond donors (Lipinski definition) is 1. The van der Waals surface area contributed by atoms with E-state index in [1.54, 1.807) is 0 Å². The zero-order valence-electron chi connectivity index (χ0n) is 12.0. The molecule has 0 spiro atoms. The molecule has 0 fully saturated rings. The van der Waals surface area contributed by atoms with Gasteiger partial charge in [0.2, 0.25) is 0 Å².